The van der Waals surface area contributed by atoms with Gasteiger partial charge in [-0.3, -0.25) is 29.6 Å². The Kier molecular flexibility index (Phi) is 5.05. The van der Waals surface area contributed by atoms with E-state index >= 15 is 0 Å². The van der Waals surface area contributed by atoms with Gasteiger partial charge in [0.25, 0.3) is 22.3 Å². The Bertz CT molecular complexity index is 1260. The lowest BCUT2D eigenvalue weighted by Gasteiger charge is -2.09. The molecule has 0 saturated carbocycles. The summed E-state index contributed by atoms with van der Waals surface area (Å²) < 4.78 is 6.87. The van der Waals surface area contributed by atoms with E-state index in [4.69, 9.17) is 4.74 Å². The smallest absolute Gasteiger partial charge is 0.290 e. The van der Waals surface area contributed by atoms with Crippen molar-refractivity contribution in [3.8, 4) is 5.75 Å². The Labute approximate surface area is 168 Å². The summed E-state index contributed by atoms with van der Waals surface area (Å²) >= 11 is 0.856. The third kappa shape index (κ3) is 3.99. The molecule has 0 unspecified atom stereocenters. The number of nitrogens with one attached hydrogen (secondary N) is 2. The first-order chi connectivity index (χ1) is 14.0. The number of thioether (sulfide) groups is 1. The van der Waals surface area contributed by atoms with E-state index in [2.05, 4.69) is 10.4 Å². The lowest BCUT2D eigenvalue weighted by Crippen LogP contribution is -2.31. The second-order valence-corrected chi connectivity index (χ2v) is 7.23. The van der Waals surface area contributed by atoms with Crippen molar-refractivity contribution in [2.45, 2.75) is 6.54 Å². The van der Waals surface area contributed by atoms with E-state index in [0.717, 1.165) is 17.3 Å². The van der Waals surface area contributed by atoms with Gasteiger partial charge < -0.3 is 4.74 Å². The number of ether oxygens (including phenoxy) is 1. The van der Waals surface area contributed by atoms with Crippen LogP contribution in [0.1, 0.15) is 5.56 Å². The van der Waals surface area contributed by atoms with E-state index in [1.54, 1.807) is 54.6 Å². The molecule has 1 aliphatic rings. The largest absolute Gasteiger partial charge is 0.492 e. The Balaban J connectivity index is 1.42. The molecule has 3 aromatic rings. The summed E-state index contributed by atoms with van der Waals surface area (Å²) in [6.45, 7) is 0.366. The number of hydrogen-bond acceptors (Lipinski definition) is 6. The van der Waals surface area contributed by atoms with Crippen LogP contribution < -0.4 is 21.2 Å². The van der Waals surface area contributed by atoms with Crippen molar-refractivity contribution in [2.24, 2.45) is 0 Å². The van der Waals surface area contributed by atoms with Crippen molar-refractivity contribution in [2.75, 3.05) is 6.61 Å². The lowest BCUT2D eigenvalue weighted by atomic mass is 10.2. The molecule has 1 fully saturated rings. The minimum atomic E-state index is -0.407. The van der Waals surface area contributed by atoms with Crippen molar-refractivity contribution in [3.05, 3.63) is 79.7 Å². The van der Waals surface area contributed by atoms with Crippen molar-refractivity contribution in [1.82, 2.24) is 15.1 Å². The number of rotatable bonds is 5. The molecule has 0 radical (unpaired) electrons. The fourth-order valence-electron chi connectivity index (χ4n) is 2.89. The minimum Gasteiger partial charge on any atom is -0.492 e. The van der Waals surface area contributed by atoms with Gasteiger partial charge in [-0.15, -0.1) is 0 Å². The quantitative estimate of drug-likeness (QED) is 0.625. The van der Waals surface area contributed by atoms with Crippen LogP contribution in [0.15, 0.2) is 63.0 Å². The van der Waals surface area contributed by atoms with Gasteiger partial charge in [0.15, 0.2) is 0 Å². The number of fused-ring (bicyclic) bond motifs is 1. The van der Waals surface area contributed by atoms with Gasteiger partial charge in [-0.25, -0.2) is 4.68 Å². The van der Waals surface area contributed by atoms with Gasteiger partial charge in [-0.05, 0) is 47.7 Å². The highest BCUT2D eigenvalue weighted by molar-refractivity contribution is 8.18. The van der Waals surface area contributed by atoms with Gasteiger partial charge in [0.05, 0.1) is 22.2 Å². The molecule has 1 aliphatic heterocycles. The molecule has 1 saturated heterocycles. The van der Waals surface area contributed by atoms with Crippen LogP contribution in [0.4, 0.5) is 4.79 Å². The van der Waals surface area contributed by atoms with Crippen molar-refractivity contribution < 1.29 is 14.3 Å². The van der Waals surface area contributed by atoms with Crippen LogP contribution >= 0.6 is 11.8 Å². The van der Waals surface area contributed by atoms with Gasteiger partial charge in [0, 0.05) is 0 Å². The fraction of sp³-hybridized carbons (Fsp3) is 0.100. The third-order valence-corrected chi connectivity index (χ3v) is 5.10. The molecule has 0 atom stereocenters. The number of aromatic nitrogens is 2. The highest BCUT2D eigenvalue weighted by Crippen LogP contribution is 2.26. The van der Waals surface area contributed by atoms with Crippen LogP contribution in [0.25, 0.3) is 16.8 Å². The molecule has 0 bridgehead atoms. The van der Waals surface area contributed by atoms with E-state index < -0.39 is 5.91 Å². The van der Waals surface area contributed by atoms with Gasteiger partial charge in [-0.2, -0.15) is 0 Å². The number of carbonyl (C=O) groups excluding carboxylic acids is 2. The summed E-state index contributed by atoms with van der Waals surface area (Å²) in [5, 5.41) is 5.09. The van der Waals surface area contributed by atoms with Crippen molar-refractivity contribution in [3.63, 3.8) is 0 Å². The number of imide groups is 1. The van der Waals surface area contributed by atoms with Gasteiger partial charge in [0.2, 0.25) is 0 Å². The monoisotopic (exact) mass is 409 g/mol. The molecule has 4 rings (SSSR count). The van der Waals surface area contributed by atoms with Gasteiger partial charge >= 0.3 is 0 Å². The van der Waals surface area contributed by atoms with E-state index in [1.165, 1.54) is 4.68 Å². The molecule has 2 heterocycles. The average molecular weight is 409 g/mol. The van der Waals surface area contributed by atoms with E-state index in [1.807, 2.05) is 0 Å². The number of amides is 2. The Hall–Kier alpha value is -3.59. The summed E-state index contributed by atoms with van der Waals surface area (Å²) in [7, 11) is 0. The normalized spacial score (nSPS) is 15.1. The molecule has 0 aliphatic carbocycles. The summed E-state index contributed by atoms with van der Waals surface area (Å²) in [6, 6.07) is 13.6. The Morgan fingerprint density at radius 3 is 2.38 bits per heavy atom. The molecule has 0 spiro atoms. The van der Waals surface area contributed by atoms with Crippen LogP contribution in [0.5, 0.6) is 5.75 Å². The average Bonchev–Trinajstić information content (AvgIpc) is 3.04. The number of carbonyl (C=O) groups is 2. The Morgan fingerprint density at radius 2 is 1.69 bits per heavy atom. The summed E-state index contributed by atoms with van der Waals surface area (Å²) in [4.78, 5) is 47.6. The van der Waals surface area contributed by atoms with Crippen molar-refractivity contribution >= 4 is 39.8 Å². The second kappa shape index (κ2) is 7.80. The minimum absolute atomic E-state index is 0.182. The first kappa shape index (κ1) is 18.8. The number of benzene rings is 2. The Morgan fingerprint density at radius 1 is 0.966 bits per heavy atom. The molecule has 8 nitrogen and oxygen atoms in total. The zero-order valence-corrected chi connectivity index (χ0v) is 15.8. The standard InChI is InChI=1S/C20H15N3O5S/c24-17-14-3-1-2-4-15(14)19(26)23(22-17)9-10-28-13-7-5-12(6-8-13)11-16-18(25)21-20(27)29-16/h1-8,11H,9-10H2,(H,22,24)(H,21,25,27)/b16-11-. The molecule has 2 amide bonds. The third-order valence-electron chi connectivity index (χ3n) is 4.29. The summed E-state index contributed by atoms with van der Waals surface area (Å²) in [5.74, 6) is 0.165. The summed E-state index contributed by atoms with van der Waals surface area (Å²) in [5.41, 5.74) is 0.136. The van der Waals surface area contributed by atoms with Gasteiger partial charge in [-0.1, -0.05) is 24.3 Å². The maximum absolute atomic E-state index is 12.5. The first-order valence-corrected chi connectivity index (χ1v) is 9.52. The topological polar surface area (TPSA) is 110 Å². The molecule has 29 heavy (non-hydrogen) atoms. The number of nitrogens with zero attached hydrogens (tertiary/aromatic N) is 1. The molecule has 1 aromatic heterocycles. The van der Waals surface area contributed by atoms with Crippen LogP contribution in [0, 0.1) is 0 Å². The number of H-pyrrole nitrogens is 1. The van der Waals surface area contributed by atoms with E-state index in [-0.39, 0.29) is 29.5 Å². The van der Waals surface area contributed by atoms with E-state index in [0.29, 0.717) is 21.4 Å². The molecular weight excluding hydrogens is 394 g/mol. The fourth-order valence-corrected chi connectivity index (χ4v) is 3.57. The maximum atomic E-state index is 12.5. The lowest BCUT2D eigenvalue weighted by molar-refractivity contribution is -0.115. The highest BCUT2D eigenvalue weighted by atomic mass is 32.2. The predicted octanol–water partition coefficient (Wildman–Crippen LogP) is 2.09. The molecule has 9 heteroatoms. The van der Waals surface area contributed by atoms with Crippen LogP contribution in [-0.4, -0.2) is 27.5 Å². The highest BCUT2D eigenvalue weighted by Gasteiger charge is 2.24. The van der Waals surface area contributed by atoms with Crippen LogP contribution in [0.2, 0.25) is 0 Å². The SMILES string of the molecule is O=C1NC(=O)/C(=C/c2ccc(OCCn3[nH]c(=O)c4ccccc4c3=O)cc2)S1. The van der Waals surface area contributed by atoms with Crippen molar-refractivity contribution in [1.29, 1.82) is 0 Å². The number of hydrogen-bond donors (Lipinski definition) is 2. The molecular formula is C20H15N3O5S. The second-order valence-electron chi connectivity index (χ2n) is 6.21. The van der Waals surface area contributed by atoms with Crippen LogP contribution in [-0.2, 0) is 11.3 Å². The zero-order chi connectivity index (χ0) is 20.4. The van der Waals surface area contributed by atoms with E-state index in [9.17, 15) is 19.2 Å². The first-order valence-electron chi connectivity index (χ1n) is 8.71. The maximum Gasteiger partial charge on any atom is 0.290 e. The number of aromatic amines is 1. The zero-order valence-electron chi connectivity index (χ0n) is 15.0. The van der Waals surface area contributed by atoms with Crippen LogP contribution in [0.3, 0.4) is 0 Å². The predicted molar refractivity (Wildman–Crippen MR) is 110 cm³/mol. The molecule has 2 aromatic carbocycles. The summed E-state index contributed by atoms with van der Waals surface area (Å²) in [6.07, 6.45) is 1.62. The molecule has 2 N–H and O–H groups in total. The van der Waals surface area contributed by atoms with Gasteiger partial charge in [0.1, 0.15) is 12.4 Å². The molecule has 146 valence electrons.